The Hall–Kier alpha value is -1.26. The molecule has 2 rings (SSSR count). The topological polar surface area (TPSA) is 61.4 Å². The fourth-order valence-corrected chi connectivity index (χ4v) is 1.49. The van der Waals surface area contributed by atoms with E-state index in [1.165, 1.54) is 12.8 Å². The van der Waals surface area contributed by atoms with Crippen LogP contribution in [0.1, 0.15) is 12.8 Å². The van der Waals surface area contributed by atoms with Gasteiger partial charge in [-0.1, -0.05) is 12.1 Å². The second-order valence-corrected chi connectivity index (χ2v) is 4.14. The van der Waals surface area contributed by atoms with Crippen molar-refractivity contribution in [2.24, 2.45) is 5.92 Å². The summed E-state index contributed by atoms with van der Waals surface area (Å²) < 4.78 is 0. The molecule has 1 amide bonds. The van der Waals surface area contributed by atoms with Crippen LogP contribution in [0.4, 0.5) is 5.69 Å². The molecule has 0 aliphatic heterocycles. The van der Waals surface area contributed by atoms with Crippen molar-refractivity contribution >= 4 is 24.0 Å². The van der Waals surface area contributed by atoms with E-state index in [1.807, 2.05) is 0 Å². The van der Waals surface area contributed by atoms with Crippen LogP contribution in [0.5, 0.6) is 5.75 Å². The predicted molar refractivity (Wildman–Crippen MR) is 69.6 cm³/mol. The summed E-state index contributed by atoms with van der Waals surface area (Å²) in [4.78, 5) is 11.5. The molecule has 3 N–H and O–H groups in total. The Morgan fingerprint density at radius 1 is 1.35 bits per heavy atom. The molecule has 0 unspecified atom stereocenters. The number of hydrogen-bond acceptors (Lipinski definition) is 3. The summed E-state index contributed by atoms with van der Waals surface area (Å²) in [6.45, 7) is 1.21. The fourth-order valence-electron chi connectivity index (χ4n) is 1.49. The molecule has 94 valence electrons. The molecule has 0 heterocycles. The number of phenolic OH excluding ortho intramolecular Hbond substituents is 1. The number of benzene rings is 1. The molecule has 0 spiro atoms. The molecular weight excluding hydrogens is 240 g/mol. The minimum absolute atomic E-state index is 0. The van der Waals surface area contributed by atoms with Crippen LogP contribution in [0, 0.1) is 5.92 Å². The molecular formula is C12H17ClN2O2. The van der Waals surface area contributed by atoms with Gasteiger partial charge in [0.15, 0.2) is 0 Å². The number of rotatable bonds is 5. The molecule has 5 heteroatoms. The van der Waals surface area contributed by atoms with Gasteiger partial charge < -0.3 is 15.7 Å². The van der Waals surface area contributed by atoms with Crippen LogP contribution in [0.15, 0.2) is 24.3 Å². The number of nitrogens with one attached hydrogen (secondary N) is 2. The van der Waals surface area contributed by atoms with Crippen molar-refractivity contribution in [2.75, 3.05) is 18.4 Å². The lowest BCUT2D eigenvalue weighted by Crippen LogP contribution is -2.29. The third-order valence-corrected chi connectivity index (χ3v) is 2.59. The lowest BCUT2D eigenvalue weighted by molar-refractivity contribution is -0.115. The number of hydrogen-bond donors (Lipinski definition) is 3. The molecule has 1 fully saturated rings. The SMILES string of the molecule is Cl.O=C(CNCC1CC1)Nc1ccccc1O. The average Bonchev–Trinajstić information content (AvgIpc) is 3.05. The summed E-state index contributed by atoms with van der Waals surface area (Å²) in [5.74, 6) is 0.734. The second-order valence-electron chi connectivity index (χ2n) is 4.14. The molecule has 0 aromatic heterocycles. The molecule has 1 aliphatic carbocycles. The van der Waals surface area contributed by atoms with Crippen molar-refractivity contribution in [3.63, 3.8) is 0 Å². The van der Waals surface area contributed by atoms with Crippen LogP contribution in [0.3, 0.4) is 0 Å². The first kappa shape index (κ1) is 13.8. The first-order valence-corrected chi connectivity index (χ1v) is 5.54. The Morgan fingerprint density at radius 2 is 2.06 bits per heavy atom. The quantitative estimate of drug-likeness (QED) is 0.704. The number of halogens is 1. The van der Waals surface area contributed by atoms with Gasteiger partial charge in [-0.2, -0.15) is 0 Å². The highest BCUT2D eigenvalue weighted by Gasteiger charge is 2.20. The summed E-state index contributed by atoms with van der Waals surface area (Å²) in [7, 11) is 0. The van der Waals surface area contributed by atoms with E-state index in [-0.39, 0.29) is 24.1 Å². The van der Waals surface area contributed by atoms with Crippen LogP contribution in [0.25, 0.3) is 0 Å². The van der Waals surface area contributed by atoms with E-state index < -0.39 is 0 Å². The lowest BCUT2D eigenvalue weighted by Gasteiger charge is -2.07. The number of anilines is 1. The largest absolute Gasteiger partial charge is 0.506 e. The number of carbonyl (C=O) groups is 1. The van der Waals surface area contributed by atoms with E-state index in [9.17, 15) is 9.90 Å². The second kappa shape index (κ2) is 6.47. The summed E-state index contributed by atoms with van der Waals surface area (Å²) in [5, 5.41) is 15.2. The molecule has 1 aromatic rings. The van der Waals surface area contributed by atoms with Crippen LogP contribution in [-0.2, 0) is 4.79 Å². The highest BCUT2D eigenvalue weighted by molar-refractivity contribution is 5.93. The maximum absolute atomic E-state index is 11.5. The zero-order chi connectivity index (χ0) is 11.4. The maximum Gasteiger partial charge on any atom is 0.238 e. The minimum atomic E-state index is -0.123. The monoisotopic (exact) mass is 256 g/mol. The van der Waals surface area contributed by atoms with E-state index in [1.54, 1.807) is 24.3 Å². The highest BCUT2D eigenvalue weighted by atomic mass is 35.5. The van der Waals surface area contributed by atoms with Gasteiger partial charge in [0, 0.05) is 0 Å². The summed E-state index contributed by atoms with van der Waals surface area (Å²) in [6.07, 6.45) is 2.54. The third kappa shape index (κ3) is 4.63. The normalized spacial score (nSPS) is 13.9. The van der Waals surface area contributed by atoms with Crippen molar-refractivity contribution in [2.45, 2.75) is 12.8 Å². The minimum Gasteiger partial charge on any atom is -0.506 e. The molecule has 1 saturated carbocycles. The highest BCUT2D eigenvalue weighted by Crippen LogP contribution is 2.27. The molecule has 0 atom stereocenters. The van der Waals surface area contributed by atoms with E-state index in [4.69, 9.17) is 0 Å². The third-order valence-electron chi connectivity index (χ3n) is 2.59. The molecule has 1 aromatic carbocycles. The Morgan fingerprint density at radius 3 is 2.71 bits per heavy atom. The van der Waals surface area contributed by atoms with Gasteiger partial charge >= 0.3 is 0 Å². The molecule has 17 heavy (non-hydrogen) atoms. The van der Waals surface area contributed by atoms with Gasteiger partial charge in [-0.15, -0.1) is 12.4 Å². The van der Waals surface area contributed by atoms with Gasteiger partial charge in [-0.25, -0.2) is 0 Å². The molecule has 0 radical (unpaired) electrons. The van der Waals surface area contributed by atoms with Crippen molar-refractivity contribution in [3.8, 4) is 5.75 Å². The predicted octanol–water partition coefficient (Wildman–Crippen LogP) is 1.75. The van der Waals surface area contributed by atoms with Crippen LogP contribution in [0.2, 0.25) is 0 Å². The van der Waals surface area contributed by atoms with Gasteiger partial charge in [-0.05, 0) is 37.4 Å². The first-order valence-electron chi connectivity index (χ1n) is 5.54. The van der Waals surface area contributed by atoms with Crippen LogP contribution in [-0.4, -0.2) is 24.1 Å². The van der Waals surface area contributed by atoms with Gasteiger partial charge in [0.1, 0.15) is 5.75 Å². The Balaban J connectivity index is 0.00000144. The van der Waals surface area contributed by atoms with E-state index in [2.05, 4.69) is 10.6 Å². The number of para-hydroxylation sites is 2. The van der Waals surface area contributed by atoms with Gasteiger partial charge in [0.25, 0.3) is 0 Å². The number of aromatic hydroxyl groups is 1. The van der Waals surface area contributed by atoms with Crippen molar-refractivity contribution in [1.29, 1.82) is 0 Å². The number of amides is 1. The maximum atomic E-state index is 11.5. The average molecular weight is 257 g/mol. The summed E-state index contributed by atoms with van der Waals surface area (Å²) >= 11 is 0. The van der Waals surface area contributed by atoms with E-state index >= 15 is 0 Å². The van der Waals surface area contributed by atoms with Crippen molar-refractivity contribution in [1.82, 2.24) is 5.32 Å². The van der Waals surface area contributed by atoms with Gasteiger partial charge in [0.05, 0.1) is 12.2 Å². The summed E-state index contributed by atoms with van der Waals surface area (Å²) in [5.41, 5.74) is 0.459. The van der Waals surface area contributed by atoms with Crippen LogP contribution >= 0.6 is 12.4 Å². The van der Waals surface area contributed by atoms with Crippen LogP contribution < -0.4 is 10.6 Å². The Kier molecular flexibility index (Phi) is 5.25. The van der Waals surface area contributed by atoms with E-state index in [0.29, 0.717) is 12.2 Å². The Labute approximate surface area is 107 Å². The molecule has 0 bridgehead atoms. The first-order chi connectivity index (χ1) is 7.75. The number of carbonyl (C=O) groups excluding carboxylic acids is 1. The van der Waals surface area contributed by atoms with Gasteiger partial charge in [-0.3, -0.25) is 4.79 Å². The molecule has 1 aliphatic rings. The molecule has 0 saturated heterocycles. The van der Waals surface area contributed by atoms with Crippen molar-refractivity contribution in [3.05, 3.63) is 24.3 Å². The van der Waals surface area contributed by atoms with Crippen molar-refractivity contribution < 1.29 is 9.90 Å². The van der Waals surface area contributed by atoms with Gasteiger partial charge in [0.2, 0.25) is 5.91 Å². The smallest absolute Gasteiger partial charge is 0.238 e. The fraction of sp³-hybridized carbons (Fsp3) is 0.417. The zero-order valence-corrected chi connectivity index (χ0v) is 10.3. The number of phenols is 1. The standard InChI is InChI=1S/C12H16N2O2.ClH/c15-11-4-2-1-3-10(11)14-12(16)8-13-7-9-5-6-9;/h1-4,9,13,15H,5-8H2,(H,14,16);1H. The molecule has 4 nitrogen and oxygen atoms in total. The Bertz CT molecular complexity index is 381. The zero-order valence-electron chi connectivity index (χ0n) is 9.48. The van der Waals surface area contributed by atoms with E-state index in [0.717, 1.165) is 12.5 Å². The summed E-state index contributed by atoms with van der Waals surface area (Å²) in [6, 6.07) is 6.71. The lowest BCUT2D eigenvalue weighted by atomic mass is 10.3.